The van der Waals surface area contributed by atoms with Crippen LogP contribution in [0.25, 0.3) is 0 Å². The molecule has 0 aliphatic heterocycles. The molecule has 156 valence electrons. The Kier molecular flexibility index (Phi) is 9.33. The maximum absolute atomic E-state index is 12.6. The van der Waals surface area contributed by atoms with Crippen LogP contribution in [0.2, 0.25) is 0 Å². The van der Waals surface area contributed by atoms with Crippen molar-refractivity contribution in [3.8, 4) is 5.75 Å². The zero-order valence-corrected chi connectivity index (χ0v) is 17.3. The molecule has 0 heterocycles. The molecule has 0 aromatic heterocycles. The molecule has 2 atom stereocenters. The fourth-order valence-corrected chi connectivity index (χ4v) is 2.77. The zero-order chi connectivity index (χ0) is 21.1. The lowest BCUT2D eigenvalue weighted by atomic mass is 10.00. The van der Waals surface area contributed by atoms with Crippen molar-refractivity contribution < 1.29 is 23.8 Å². The van der Waals surface area contributed by atoms with Crippen molar-refractivity contribution in [3.05, 3.63) is 65.7 Å². The number of thioether (sulfide) groups is 1. The van der Waals surface area contributed by atoms with Crippen molar-refractivity contribution >= 4 is 23.8 Å². The van der Waals surface area contributed by atoms with Gasteiger partial charge in [-0.1, -0.05) is 42.5 Å². The molecule has 1 amide bonds. The molecule has 2 rings (SSSR count). The van der Waals surface area contributed by atoms with Gasteiger partial charge in [0.1, 0.15) is 25.0 Å². The fraction of sp³-hybridized carbons (Fsp3) is 0.333. The van der Waals surface area contributed by atoms with Crippen LogP contribution in [-0.2, 0) is 20.9 Å². The van der Waals surface area contributed by atoms with Crippen molar-refractivity contribution in [2.45, 2.75) is 18.7 Å². The van der Waals surface area contributed by atoms with Crippen LogP contribution in [0, 0.1) is 0 Å². The first-order valence-electron chi connectivity index (χ1n) is 9.07. The summed E-state index contributed by atoms with van der Waals surface area (Å²) in [6.45, 7) is 0.311. The molecular formula is C21H26N2O5S. The van der Waals surface area contributed by atoms with E-state index in [1.54, 1.807) is 43.1 Å². The first-order valence-corrected chi connectivity index (χ1v) is 10.5. The van der Waals surface area contributed by atoms with Crippen molar-refractivity contribution in [1.82, 2.24) is 5.32 Å². The number of methoxy groups -OCH3 is 1. The predicted molar refractivity (Wildman–Crippen MR) is 113 cm³/mol. The molecule has 3 N–H and O–H groups in total. The Balaban J connectivity index is 2.06. The highest BCUT2D eigenvalue weighted by Crippen LogP contribution is 2.19. The number of alkyl carbamates (subject to hydrolysis) is 1. The second-order valence-corrected chi connectivity index (χ2v) is 7.13. The van der Waals surface area contributed by atoms with Crippen molar-refractivity contribution in [1.29, 1.82) is 0 Å². The number of carbonyl (C=O) groups excluding carboxylic acids is 2. The van der Waals surface area contributed by atoms with Crippen LogP contribution in [-0.4, -0.2) is 43.8 Å². The lowest BCUT2D eigenvalue weighted by Gasteiger charge is -2.23. The first-order chi connectivity index (χ1) is 14.0. The number of hydrogen-bond acceptors (Lipinski definition) is 7. The van der Waals surface area contributed by atoms with Gasteiger partial charge < -0.3 is 25.3 Å². The highest BCUT2D eigenvalue weighted by molar-refractivity contribution is 7.98. The summed E-state index contributed by atoms with van der Waals surface area (Å²) in [4.78, 5) is 24.8. The molecule has 0 aliphatic carbocycles. The van der Waals surface area contributed by atoms with Gasteiger partial charge in [-0.05, 0) is 29.5 Å². The molecule has 2 aromatic rings. The average Bonchev–Trinajstić information content (AvgIpc) is 2.76. The lowest BCUT2D eigenvalue weighted by Crippen LogP contribution is -2.48. The summed E-state index contributed by atoms with van der Waals surface area (Å²) in [5, 5.41) is 2.54. The molecule has 0 bridgehead atoms. The maximum atomic E-state index is 12.6. The van der Waals surface area contributed by atoms with Crippen LogP contribution in [0.4, 0.5) is 4.79 Å². The Labute approximate surface area is 174 Å². The third-order valence-electron chi connectivity index (χ3n) is 4.13. The molecule has 0 spiro atoms. The number of amides is 1. The molecule has 0 radical (unpaired) electrons. The molecule has 0 aliphatic rings. The topological polar surface area (TPSA) is 99.9 Å². The number of nitrogens with one attached hydrogen (secondary N) is 1. The fourth-order valence-electron chi connectivity index (χ4n) is 2.52. The van der Waals surface area contributed by atoms with Crippen molar-refractivity contribution in [2.75, 3.05) is 25.7 Å². The minimum absolute atomic E-state index is 0.0820. The van der Waals surface area contributed by atoms with Gasteiger partial charge >= 0.3 is 12.1 Å². The van der Waals surface area contributed by atoms with E-state index >= 15 is 0 Å². The van der Waals surface area contributed by atoms with Gasteiger partial charge in [-0.3, -0.25) is 0 Å². The van der Waals surface area contributed by atoms with E-state index in [-0.39, 0.29) is 13.2 Å². The zero-order valence-electron chi connectivity index (χ0n) is 16.5. The monoisotopic (exact) mass is 418 g/mol. The average molecular weight is 419 g/mol. The van der Waals surface area contributed by atoms with Gasteiger partial charge in [-0.2, -0.15) is 11.8 Å². The van der Waals surface area contributed by atoms with Crippen LogP contribution < -0.4 is 15.8 Å². The Hall–Kier alpha value is -2.71. The van der Waals surface area contributed by atoms with Gasteiger partial charge in [0.05, 0.1) is 13.2 Å². The third kappa shape index (κ3) is 7.32. The van der Waals surface area contributed by atoms with Gasteiger partial charge in [0.15, 0.2) is 0 Å². The van der Waals surface area contributed by atoms with Gasteiger partial charge in [0, 0.05) is 5.75 Å². The number of ether oxygens (including phenoxy) is 3. The van der Waals surface area contributed by atoms with Crippen molar-refractivity contribution in [2.24, 2.45) is 5.73 Å². The van der Waals surface area contributed by atoms with E-state index in [0.29, 0.717) is 17.1 Å². The molecule has 8 heteroatoms. The summed E-state index contributed by atoms with van der Waals surface area (Å²) < 4.78 is 15.6. The van der Waals surface area contributed by atoms with E-state index in [0.717, 1.165) is 5.56 Å². The molecule has 0 unspecified atom stereocenters. The number of hydrogen-bond donors (Lipinski definition) is 2. The minimum Gasteiger partial charge on any atom is -0.497 e. The maximum Gasteiger partial charge on any atom is 0.408 e. The summed E-state index contributed by atoms with van der Waals surface area (Å²) in [5.74, 6) is 0.698. The highest BCUT2D eigenvalue weighted by atomic mass is 32.2. The summed E-state index contributed by atoms with van der Waals surface area (Å²) in [7, 11) is 1.56. The Morgan fingerprint density at radius 1 is 1.07 bits per heavy atom. The normalized spacial score (nSPS) is 12.5. The molecule has 2 aromatic carbocycles. The van der Waals surface area contributed by atoms with E-state index in [4.69, 9.17) is 19.9 Å². The number of rotatable bonds is 10. The Bertz CT molecular complexity index is 770. The van der Waals surface area contributed by atoms with Crippen molar-refractivity contribution in [3.63, 3.8) is 0 Å². The third-order valence-corrected chi connectivity index (χ3v) is 4.71. The summed E-state index contributed by atoms with van der Waals surface area (Å²) >= 11 is 1.55. The van der Waals surface area contributed by atoms with E-state index in [2.05, 4.69) is 5.32 Å². The lowest BCUT2D eigenvalue weighted by molar-refractivity contribution is -0.146. The number of carbonyl (C=O) groups is 2. The molecular weight excluding hydrogens is 392 g/mol. The molecule has 7 nitrogen and oxygen atoms in total. The summed E-state index contributed by atoms with van der Waals surface area (Å²) in [6.07, 6.45) is 1.16. The quantitative estimate of drug-likeness (QED) is 0.452. The minimum atomic E-state index is -1.09. The molecule has 0 saturated carbocycles. The number of benzene rings is 2. The SMILES string of the molecule is COc1ccc([C@@H](N)[C@H](NC(=O)OCc2ccccc2)C(=O)OCCSC)cc1. The second kappa shape index (κ2) is 12.0. The smallest absolute Gasteiger partial charge is 0.408 e. The van der Waals surface area contributed by atoms with Gasteiger partial charge in [0.2, 0.25) is 0 Å². The molecule has 0 saturated heterocycles. The Morgan fingerprint density at radius 3 is 2.38 bits per heavy atom. The predicted octanol–water partition coefficient (Wildman–Crippen LogP) is 2.90. The number of nitrogens with two attached hydrogens (primary N) is 1. The number of esters is 1. The standard InChI is InChI=1S/C21H26N2O5S/c1-26-17-10-8-16(9-11-17)18(22)19(20(24)27-12-13-29-2)23-21(25)28-14-15-6-4-3-5-7-15/h3-11,18-19H,12-14,22H2,1-2H3,(H,23,25)/t18-,19+/m1/s1. The molecule has 0 fully saturated rings. The summed E-state index contributed by atoms with van der Waals surface area (Å²) in [5.41, 5.74) is 7.76. The molecule has 29 heavy (non-hydrogen) atoms. The van der Waals surface area contributed by atoms with Crippen LogP contribution in [0.5, 0.6) is 5.75 Å². The largest absolute Gasteiger partial charge is 0.497 e. The van der Waals surface area contributed by atoms with Gasteiger partial charge in [0.25, 0.3) is 0 Å². The van der Waals surface area contributed by atoms with E-state index in [1.165, 1.54) is 0 Å². The van der Waals surface area contributed by atoms with E-state index in [1.807, 2.05) is 36.6 Å². The van der Waals surface area contributed by atoms with Crippen LogP contribution >= 0.6 is 11.8 Å². The summed E-state index contributed by atoms with van der Waals surface area (Å²) in [6, 6.07) is 14.3. The van der Waals surface area contributed by atoms with Crippen LogP contribution in [0.15, 0.2) is 54.6 Å². The van der Waals surface area contributed by atoms with E-state index < -0.39 is 24.1 Å². The second-order valence-electron chi connectivity index (χ2n) is 6.14. The van der Waals surface area contributed by atoms with Crippen LogP contribution in [0.3, 0.4) is 0 Å². The first kappa shape index (κ1) is 22.6. The highest BCUT2D eigenvalue weighted by Gasteiger charge is 2.30. The Morgan fingerprint density at radius 2 is 1.76 bits per heavy atom. The van der Waals surface area contributed by atoms with Crippen LogP contribution in [0.1, 0.15) is 17.2 Å². The van der Waals surface area contributed by atoms with Gasteiger partial charge in [-0.25, -0.2) is 9.59 Å². The van der Waals surface area contributed by atoms with E-state index in [9.17, 15) is 9.59 Å². The van der Waals surface area contributed by atoms with Gasteiger partial charge in [-0.15, -0.1) is 0 Å².